The molecule has 313 valence electrons. The van der Waals surface area contributed by atoms with Crippen molar-refractivity contribution in [3.63, 3.8) is 0 Å². The zero-order chi connectivity index (χ0) is 43.7. The third-order valence-corrected chi connectivity index (χ3v) is 12.1. The molecule has 4 aromatic carbocycles. The van der Waals surface area contributed by atoms with Crippen molar-refractivity contribution in [1.82, 2.24) is 9.97 Å². The van der Waals surface area contributed by atoms with Crippen LogP contribution in [0.25, 0.3) is 44.1 Å². The van der Waals surface area contributed by atoms with E-state index in [1.807, 2.05) is 47.7 Å². The monoisotopic (exact) mass is 967 g/mol. The van der Waals surface area contributed by atoms with Gasteiger partial charge in [-0.3, -0.25) is 4.79 Å². The fourth-order valence-corrected chi connectivity index (χ4v) is 8.08. The molecular formula is C54H64IrN2O2-2. The predicted molar refractivity (Wildman–Crippen MR) is 245 cm³/mol. The molecule has 1 saturated carbocycles. The molecule has 0 unspecified atom stereocenters. The van der Waals surface area contributed by atoms with E-state index >= 15 is 0 Å². The Bertz CT molecular complexity index is 2440. The van der Waals surface area contributed by atoms with Gasteiger partial charge in [0.15, 0.2) is 5.78 Å². The molecule has 0 amide bonds. The van der Waals surface area contributed by atoms with Gasteiger partial charge in [0.1, 0.15) is 5.76 Å². The topological polar surface area (TPSA) is 63.1 Å². The Morgan fingerprint density at radius 2 is 1.34 bits per heavy atom. The van der Waals surface area contributed by atoms with Crippen molar-refractivity contribution in [1.29, 1.82) is 0 Å². The minimum absolute atomic E-state index is 0. The molecule has 0 aliphatic heterocycles. The maximum Gasteiger partial charge on any atom is 0.162 e. The van der Waals surface area contributed by atoms with Gasteiger partial charge in [-0.2, -0.15) is 0 Å². The van der Waals surface area contributed by atoms with Crippen LogP contribution in [0.3, 0.4) is 0 Å². The summed E-state index contributed by atoms with van der Waals surface area (Å²) in [5.41, 5.74) is 10.7. The summed E-state index contributed by atoms with van der Waals surface area (Å²) in [5.74, 6) is 0.965. The molecule has 1 radical (unpaired) electrons. The van der Waals surface area contributed by atoms with Gasteiger partial charge in [-0.25, -0.2) is 0 Å². The van der Waals surface area contributed by atoms with E-state index in [1.54, 1.807) is 0 Å². The van der Waals surface area contributed by atoms with E-state index in [0.29, 0.717) is 5.92 Å². The van der Waals surface area contributed by atoms with Crippen LogP contribution in [0.4, 0.5) is 0 Å². The Labute approximate surface area is 371 Å². The largest absolute Gasteiger partial charge is 0.512 e. The summed E-state index contributed by atoms with van der Waals surface area (Å²) in [7, 11) is 0. The number of rotatable bonds is 10. The van der Waals surface area contributed by atoms with Gasteiger partial charge in [0.2, 0.25) is 0 Å². The first-order valence-electron chi connectivity index (χ1n) is 22.3. The molecular weight excluding hydrogens is 901 g/mol. The first kappa shape index (κ1) is 44.1. The fraction of sp³-hybridized carbons (Fsp3) is 0.389. The van der Waals surface area contributed by atoms with Crippen LogP contribution < -0.4 is 0 Å². The summed E-state index contributed by atoms with van der Waals surface area (Å²) in [6, 6.07) is 30.4. The molecule has 1 N–H and O–H groups in total. The molecule has 0 saturated heterocycles. The quantitative estimate of drug-likeness (QED) is 0.0844. The number of hydrogen-bond acceptors (Lipinski definition) is 4. The van der Waals surface area contributed by atoms with Crippen LogP contribution in [-0.4, -0.2) is 20.9 Å². The summed E-state index contributed by atoms with van der Waals surface area (Å²) in [5, 5.41) is 14.2. The van der Waals surface area contributed by atoms with Crippen LogP contribution in [0.2, 0.25) is 0 Å². The molecule has 0 spiro atoms. The minimum Gasteiger partial charge on any atom is -0.512 e. The third kappa shape index (κ3) is 12.1. The number of aromatic nitrogens is 2. The number of hydrogen-bond donors (Lipinski definition) is 1. The van der Waals surface area contributed by atoms with E-state index in [1.165, 1.54) is 59.2 Å². The summed E-state index contributed by atoms with van der Waals surface area (Å²) in [6.07, 6.45) is 11.8. The number of pyridine rings is 2. The van der Waals surface area contributed by atoms with E-state index in [9.17, 15) is 9.90 Å². The normalized spacial score (nSPS) is 13.6. The van der Waals surface area contributed by atoms with Gasteiger partial charge >= 0.3 is 0 Å². The SMILES string of the molecule is CCC(CC)C(=O)/C=C(\O)C(C)(CC)CC.Cc1[c-]c(-c2nccc3cc(C)ccc23)cc(C)c1.[2H]c1nc(-c2[c-]c(C)cc(C)c2)c2ccc(C3CCCC3)cc2c1[2H].[Ir]. The number of carbonyl (C=O) groups is 1. The molecule has 2 heterocycles. The molecule has 6 aromatic rings. The van der Waals surface area contributed by atoms with Crippen molar-refractivity contribution in [3.05, 3.63) is 142 Å². The summed E-state index contributed by atoms with van der Waals surface area (Å²) in [6.45, 7) is 20.5. The Hall–Kier alpha value is -4.44. The Morgan fingerprint density at radius 1 is 0.780 bits per heavy atom. The second-order valence-corrected chi connectivity index (χ2v) is 16.6. The average molecular weight is 967 g/mol. The Morgan fingerprint density at radius 3 is 1.90 bits per heavy atom. The molecule has 2 aromatic heterocycles. The molecule has 0 bridgehead atoms. The van der Waals surface area contributed by atoms with Gasteiger partial charge in [0, 0.05) is 49.9 Å². The third-order valence-electron chi connectivity index (χ3n) is 12.1. The van der Waals surface area contributed by atoms with E-state index < -0.39 is 0 Å². The smallest absolute Gasteiger partial charge is 0.162 e. The number of allylic oxidation sites excluding steroid dienone is 2. The van der Waals surface area contributed by atoms with E-state index in [0.717, 1.165) is 75.7 Å². The molecule has 1 aliphatic carbocycles. The second-order valence-electron chi connectivity index (χ2n) is 16.6. The fourth-order valence-electron chi connectivity index (χ4n) is 8.08. The Kier molecular flexibility index (Phi) is 16.2. The van der Waals surface area contributed by atoms with Gasteiger partial charge in [-0.05, 0) is 102 Å². The molecule has 5 heteroatoms. The standard InChI is InChI=1S/C22H22N.C18H16N.C14H26O2.Ir/c1-15-11-16(2)13-20(12-15)22-21-8-7-18(17-5-3-4-6-17)14-19(21)9-10-23-22;1-12-4-5-17-15(9-12)6-7-19-18(17)16-10-13(2)8-14(3)11-16;1-6-11(7-2)12(15)10-13(16)14(5,8-3)9-4;/h7-12,14,17H,3-6H2,1-2H3;4-10H,1-3H3;10-11,16H,6-9H2,1-5H3;/q2*-1;;/b;;13-10-;/i9D,10D;;;. The number of fused-ring (bicyclic) bond motifs is 2. The van der Waals surface area contributed by atoms with Crippen LogP contribution in [0.1, 0.15) is 128 Å². The number of nitrogens with zero attached hydrogens (tertiary/aromatic N) is 2. The maximum absolute atomic E-state index is 11.9. The first-order valence-corrected chi connectivity index (χ1v) is 21.3. The number of benzene rings is 4. The zero-order valence-electron chi connectivity index (χ0n) is 38.9. The minimum atomic E-state index is -0.248. The van der Waals surface area contributed by atoms with Gasteiger partial charge in [-0.15, -0.1) is 69.8 Å². The summed E-state index contributed by atoms with van der Waals surface area (Å²) < 4.78 is 16.5. The summed E-state index contributed by atoms with van der Waals surface area (Å²) >= 11 is 0. The van der Waals surface area contributed by atoms with E-state index in [2.05, 4.69) is 117 Å². The molecule has 1 fully saturated rings. The number of aliphatic hydroxyl groups excluding tert-OH is 1. The van der Waals surface area contributed by atoms with Crippen LogP contribution in [0.15, 0.2) is 97.0 Å². The molecule has 1 aliphatic rings. The van der Waals surface area contributed by atoms with Crippen LogP contribution in [-0.2, 0) is 24.9 Å². The van der Waals surface area contributed by atoms with Crippen molar-refractivity contribution in [2.45, 2.75) is 127 Å². The molecule has 7 rings (SSSR count). The second kappa shape index (κ2) is 21.7. The van der Waals surface area contributed by atoms with Gasteiger partial charge in [0.25, 0.3) is 0 Å². The Balaban J connectivity index is 0.000000206. The van der Waals surface area contributed by atoms with Crippen molar-refractivity contribution in [2.24, 2.45) is 11.3 Å². The van der Waals surface area contributed by atoms with Crippen molar-refractivity contribution in [3.8, 4) is 22.5 Å². The van der Waals surface area contributed by atoms with Gasteiger partial charge in [-0.1, -0.05) is 117 Å². The van der Waals surface area contributed by atoms with Gasteiger partial charge < -0.3 is 15.1 Å². The van der Waals surface area contributed by atoms with Crippen LogP contribution >= 0.6 is 0 Å². The average Bonchev–Trinajstić information content (AvgIpc) is 3.77. The maximum atomic E-state index is 11.9. The van der Waals surface area contributed by atoms with Crippen molar-refractivity contribution < 1.29 is 32.7 Å². The van der Waals surface area contributed by atoms with E-state index in [4.69, 9.17) is 2.74 Å². The van der Waals surface area contributed by atoms with E-state index in [-0.39, 0.29) is 55.2 Å². The number of carbonyl (C=O) groups excluding carboxylic acids is 1. The molecule has 0 atom stereocenters. The number of aryl methyl sites for hydroxylation is 5. The summed E-state index contributed by atoms with van der Waals surface area (Å²) in [4.78, 5) is 20.8. The van der Waals surface area contributed by atoms with Gasteiger partial charge in [0.05, 0.1) is 2.74 Å². The molecule has 59 heavy (non-hydrogen) atoms. The zero-order valence-corrected chi connectivity index (χ0v) is 39.3. The van der Waals surface area contributed by atoms with Crippen LogP contribution in [0, 0.1) is 58.1 Å². The molecule has 4 nitrogen and oxygen atoms in total. The number of aliphatic hydroxyl groups is 1. The number of ketones is 1. The van der Waals surface area contributed by atoms with Crippen LogP contribution in [0.5, 0.6) is 0 Å². The van der Waals surface area contributed by atoms with Crippen molar-refractivity contribution in [2.75, 3.05) is 0 Å². The predicted octanol–water partition coefficient (Wildman–Crippen LogP) is 14.9. The van der Waals surface area contributed by atoms with Crippen molar-refractivity contribution >= 4 is 27.3 Å². The first-order chi connectivity index (χ1) is 28.6.